The molecule has 4 nitrogen and oxygen atoms in total. The Morgan fingerprint density at radius 2 is 2.05 bits per heavy atom. The number of carbonyl (C=O) groups is 2. The van der Waals surface area contributed by atoms with Gasteiger partial charge in [-0.05, 0) is 51.8 Å². The van der Waals surface area contributed by atoms with E-state index in [-0.39, 0.29) is 11.8 Å². The number of anilines is 2. The summed E-state index contributed by atoms with van der Waals surface area (Å²) in [6, 6.07) is 10.3. The number of fused-ring (bicyclic) bond motifs is 1. The van der Waals surface area contributed by atoms with Crippen LogP contribution in [0.3, 0.4) is 0 Å². The fraction of sp³-hybridized carbons (Fsp3) is 0.0667. The molecule has 0 saturated carbocycles. The zero-order chi connectivity index (χ0) is 15.0. The summed E-state index contributed by atoms with van der Waals surface area (Å²) in [5.74, 6) is -0.301. The van der Waals surface area contributed by atoms with Gasteiger partial charge in [0.15, 0.2) is 0 Å². The van der Waals surface area contributed by atoms with E-state index in [1.165, 1.54) is 0 Å². The predicted molar refractivity (Wildman–Crippen MR) is 85.9 cm³/mol. The first kappa shape index (κ1) is 14.1. The highest BCUT2D eigenvalue weighted by molar-refractivity contribution is 9.10. The summed E-state index contributed by atoms with van der Waals surface area (Å²) in [5.41, 5.74) is 2.72. The van der Waals surface area contributed by atoms with Crippen LogP contribution in [0.15, 0.2) is 40.9 Å². The summed E-state index contributed by atoms with van der Waals surface area (Å²) >= 11 is 9.21. The molecule has 1 aliphatic rings. The van der Waals surface area contributed by atoms with Crippen LogP contribution in [0.2, 0.25) is 5.02 Å². The van der Waals surface area contributed by atoms with Crippen LogP contribution in [0.5, 0.6) is 0 Å². The van der Waals surface area contributed by atoms with E-state index in [0.717, 1.165) is 5.56 Å². The van der Waals surface area contributed by atoms with Crippen LogP contribution in [-0.4, -0.2) is 11.8 Å². The van der Waals surface area contributed by atoms with Gasteiger partial charge in [0.2, 0.25) is 5.91 Å². The van der Waals surface area contributed by atoms with Crippen molar-refractivity contribution >= 4 is 50.7 Å². The molecule has 0 atom stereocenters. The van der Waals surface area contributed by atoms with Crippen molar-refractivity contribution in [3.05, 3.63) is 57.0 Å². The van der Waals surface area contributed by atoms with E-state index in [0.29, 0.717) is 32.9 Å². The van der Waals surface area contributed by atoms with Gasteiger partial charge in [-0.1, -0.05) is 17.7 Å². The third kappa shape index (κ3) is 2.94. The molecule has 0 aliphatic carbocycles. The van der Waals surface area contributed by atoms with Gasteiger partial charge >= 0.3 is 0 Å². The van der Waals surface area contributed by atoms with Gasteiger partial charge in [-0.25, -0.2) is 0 Å². The van der Waals surface area contributed by atoms with Crippen molar-refractivity contribution in [2.24, 2.45) is 0 Å². The van der Waals surface area contributed by atoms with Gasteiger partial charge in [0.25, 0.3) is 5.91 Å². The van der Waals surface area contributed by atoms with Crippen molar-refractivity contribution in [3.8, 4) is 0 Å². The maximum atomic E-state index is 12.3. The Labute approximate surface area is 134 Å². The van der Waals surface area contributed by atoms with Gasteiger partial charge in [-0.2, -0.15) is 0 Å². The van der Waals surface area contributed by atoms with Crippen LogP contribution in [0, 0.1) is 0 Å². The lowest BCUT2D eigenvalue weighted by molar-refractivity contribution is -0.115. The smallest absolute Gasteiger partial charge is 0.255 e. The molecule has 2 aromatic carbocycles. The van der Waals surface area contributed by atoms with Gasteiger partial charge in [0.1, 0.15) is 0 Å². The Bertz CT molecular complexity index is 761. The van der Waals surface area contributed by atoms with Crippen molar-refractivity contribution in [2.75, 3.05) is 10.6 Å². The Morgan fingerprint density at radius 1 is 1.24 bits per heavy atom. The number of carbonyl (C=O) groups excluding carboxylic acids is 2. The van der Waals surface area contributed by atoms with E-state index in [9.17, 15) is 9.59 Å². The lowest BCUT2D eigenvalue weighted by Gasteiger charge is -2.09. The number of hydrogen-bond acceptors (Lipinski definition) is 2. The monoisotopic (exact) mass is 364 g/mol. The van der Waals surface area contributed by atoms with Gasteiger partial charge in [-0.15, -0.1) is 0 Å². The normalized spacial score (nSPS) is 12.8. The van der Waals surface area contributed by atoms with Crippen molar-refractivity contribution in [1.82, 2.24) is 0 Å². The van der Waals surface area contributed by atoms with Crippen molar-refractivity contribution in [2.45, 2.75) is 6.42 Å². The molecule has 3 rings (SSSR count). The lowest BCUT2D eigenvalue weighted by Crippen LogP contribution is -2.12. The molecule has 21 heavy (non-hydrogen) atoms. The van der Waals surface area contributed by atoms with Crippen LogP contribution in [0.25, 0.3) is 0 Å². The highest BCUT2D eigenvalue weighted by Crippen LogP contribution is 2.28. The number of amides is 2. The quantitative estimate of drug-likeness (QED) is 0.849. The van der Waals surface area contributed by atoms with Crippen molar-refractivity contribution < 1.29 is 9.59 Å². The molecule has 1 heterocycles. The van der Waals surface area contributed by atoms with Crippen LogP contribution in [-0.2, 0) is 11.2 Å². The fourth-order valence-corrected chi connectivity index (χ4v) is 2.92. The number of halogens is 2. The molecule has 0 aromatic heterocycles. The average molecular weight is 366 g/mol. The van der Waals surface area contributed by atoms with Gasteiger partial charge in [0, 0.05) is 20.7 Å². The number of rotatable bonds is 2. The molecule has 2 aromatic rings. The minimum Gasteiger partial charge on any atom is -0.326 e. The molecule has 2 amide bonds. The second-order valence-corrected chi connectivity index (χ2v) is 5.97. The van der Waals surface area contributed by atoms with Crippen molar-refractivity contribution in [1.29, 1.82) is 0 Å². The standard InChI is InChI=1S/C15H10BrClN2O2/c16-11-7-10(17)3-4-12(11)19-15(21)9-2-1-8-6-14(20)18-13(8)5-9/h1-5,7H,6H2,(H,18,20)(H,19,21). The van der Waals surface area contributed by atoms with Gasteiger partial charge in [-0.3, -0.25) is 9.59 Å². The van der Waals surface area contributed by atoms with E-state index in [1.807, 2.05) is 0 Å². The van der Waals surface area contributed by atoms with Gasteiger partial charge in [0.05, 0.1) is 12.1 Å². The first-order chi connectivity index (χ1) is 10.0. The van der Waals surface area contributed by atoms with Crippen molar-refractivity contribution in [3.63, 3.8) is 0 Å². The highest BCUT2D eigenvalue weighted by atomic mass is 79.9. The zero-order valence-corrected chi connectivity index (χ0v) is 13.1. The molecular formula is C15H10BrClN2O2. The average Bonchev–Trinajstić information content (AvgIpc) is 2.80. The van der Waals surface area contributed by atoms with E-state index in [1.54, 1.807) is 36.4 Å². The van der Waals surface area contributed by atoms with Gasteiger partial charge < -0.3 is 10.6 Å². The number of hydrogen-bond donors (Lipinski definition) is 2. The Kier molecular flexibility index (Phi) is 3.69. The maximum absolute atomic E-state index is 12.3. The number of benzene rings is 2. The molecule has 0 unspecified atom stereocenters. The SMILES string of the molecule is O=C1Cc2ccc(C(=O)Nc3ccc(Cl)cc3Br)cc2N1. The molecule has 0 radical (unpaired) electrons. The molecule has 0 saturated heterocycles. The summed E-state index contributed by atoms with van der Waals surface area (Å²) in [5, 5.41) is 6.11. The van der Waals surface area contributed by atoms with E-state index in [4.69, 9.17) is 11.6 Å². The highest BCUT2D eigenvalue weighted by Gasteiger charge is 2.19. The first-order valence-corrected chi connectivity index (χ1v) is 7.39. The molecular weight excluding hydrogens is 356 g/mol. The summed E-state index contributed by atoms with van der Waals surface area (Å²) < 4.78 is 0.706. The molecule has 6 heteroatoms. The summed E-state index contributed by atoms with van der Waals surface area (Å²) in [4.78, 5) is 23.6. The fourth-order valence-electron chi connectivity index (χ4n) is 2.14. The second-order valence-electron chi connectivity index (χ2n) is 4.68. The lowest BCUT2D eigenvalue weighted by atomic mass is 10.1. The Morgan fingerprint density at radius 3 is 2.81 bits per heavy atom. The predicted octanol–water partition coefficient (Wildman–Crippen LogP) is 3.85. The Balaban J connectivity index is 1.83. The third-order valence-corrected chi connectivity index (χ3v) is 4.07. The van der Waals surface area contributed by atoms with Crippen LogP contribution >= 0.6 is 27.5 Å². The second kappa shape index (κ2) is 5.50. The van der Waals surface area contributed by atoms with Crippen LogP contribution in [0.4, 0.5) is 11.4 Å². The molecule has 106 valence electrons. The summed E-state index contributed by atoms with van der Waals surface area (Å²) in [7, 11) is 0. The molecule has 2 N–H and O–H groups in total. The summed E-state index contributed by atoms with van der Waals surface area (Å²) in [6.45, 7) is 0. The number of nitrogens with one attached hydrogen (secondary N) is 2. The molecule has 1 aliphatic heterocycles. The minimum atomic E-state index is -0.248. The maximum Gasteiger partial charge on any atom is 0.255 e. The topological polar surface area (TPSA) is 58.2 Å². The van der Waals surface area contributed by atoms with Crippen LogP contribution < -0.4 is 10.6 Å². The first-order valence-electron chi connectivity index (χ1n) is 6.22. The molecule has 0 bridgehead atoms. The molecule has 0 fully saturated rings. The van der Waals surface area contributed by atoms with E-state index in [2.05, 4.69) is 26.6 Å². The third-order valence-electron chi connectivity index (χ3n) is 3.18. The minimum absolute atomic E-state index is 0.0528. The van der Waals surface area contributed by atoms with Crippen LogP contribution in [0.1, 0.15) is 15.9 Å². The molecule has 0 spiro atoms. The Hall–Kier alpha value is -1.85. The van der Waals surface area contributed by atoms with E-state index >= 15 is 0 Å². The zero-order valence-electron chi connectivity index (χ0n) is 10.7. The largest absolute Gasteiger partial charge is 0.326 e. The van der Waals surface area contributed by atoms with E-state index < -0.39 is 0 Å². The summed E-state index contributed by atoms with van der Waals surface area (Å²) in [6.07, 6.45) is 0.361.